The molecule has 2 rings (SSSR count). The summed E-state index contributed by atoms with van der Waals surface area (Å²) in [6.45, 7) is 5.36. The molecule has 0 amide bonds. The minimum atomic E-state index is -0.321. The Morgan fingerprint density at radius 2 is 1.61 bits per heavy atom. The number of hydrogen-bond acceptors (Lipinski definition) is 5. The Bertz CT molecular complexity index is 815. The van der Waals surface area contributed by atoms with Crippen molar-refractivity contribution in [3.05, 3.63) is 53.6 Å². The Morgan fingerprint density at radius 1 is 0.903 bits per heavy atom. The molecular weight excluding hydrogens is 390 g/mol. The van der Waals surface area contributed by atoms with Crippen LogP contribution in [0, 0.1) is 0 Å². The van der Waals surface area contributed by atoms with Gasteiger partial charge in [-0.15, -0.1) is 0 Å². The highest BCUT2D eigenvalue weighted by Gasteiger charge is 2.06. The van der Waals surface area contributed by atoms with Crippen LogP contribution in [0.5, 0.6) is 11.5 Å². The Labute approximate surface area is 186 Å². The number of phenolic OH excluding ortho intramolecular Hbond substituents is 1. The van der Waals surface area contributed by atoms with Crippen molar-refractivity contribution >= 4 is 17.9 Å². The number of unbranched alkanes of at least 4 members (excludes halogenated alkanes) is 6. The summed E-state index contributed by atoms with van der Waals surface area (Å²) in [6, 6.07) is 12.1. The molecule has 0 radical (unpaired) electrons. The molecule has 0 atom stereocenters. The maximum atomic E-state index is 11.9. The van der Waals surface area contributed by atoms with Crippen LogP contribution in [-0.4, -0.2) is 30.5 Å². The molecule has 5 heteroatoms. The molecule has 0 fully saturated rings. The first-order chi connectivity index (χ1) is 15.1. The topological polar surface area (TPSA) is 68.1 Å². The van der Waals surface area contributed by atoms with Crippen LogP contribution in [0.1, 0.15) is 81.1 Å². The normalized spacial score (nSPS) is 11.0. The summed E-state index contributed by atoms with van der Waals surface area (Å²) in [5.41, 5.74) is 1.80. The van der Waals surface area contributed by atoms with E-state index in [1.807, 2.05) is 6.07 Å². The average molecular weight is 426 g/mol. The van der Waals surface area contributed by atoms with E-state index in [4.69, 9.17) is 9.47 Å². The molecule has 0 aliphatic heterocycles. The van der Waals surface area contributed by atoms with E-state index in [1.54, 1.807) is 42.6 Å². The number of carbonyl (C=O) groups excluding carboxylic acids is 1. The molecule has 5 nitrogen and oxygen atoms in total. The number of benzene rings is 2. The van der Waals surface area contributed by atoms with Crippen molar-refractivity contribution in [2.75, 3.05) is 13.2 Å². The van der Waals surface area contributed by atoms with Crippen molar-refractivity contribution in [1.29, 1.82) is 0 Å². The Balaban J connectivity index is 1.82. The van der Waals surface area contributed by atoms with Crippen molar-refractivity contribution in [2.24, 2.45) is 4.99 Å². The zero-order chi connectivity index (χ0) is 22.3. The molecule has 0 aromatic heterocycles. The van der Waals surface area contributed by atoms with Gasteiger partial charge in [-0.05, 0) is 49.2 Å². The molecule has 1 N–H and O–H groups in total. The molecule has 0 bridgehead atoms. The van der Waals surface area contributed by atoms with E-state index >= 15 is 0 Å². The monoisotopic (exact) mass is 425 g/mol. The fourth-order valence-corrected chi connectivity index (χ4v) is 3.02. The minimum absolute atomic E-state index is 0.125. The number of rotatable bonds is 14. The lowest BCUT2D eigenvalue weighted by molar-refractivity contribution is 0.0500. The third-order valence-electron chi connectivity index (χ3n) is 4.96. The number of aliphatic imine (C=N–C) groups is 1. The summed E-state index contributed by atoms with van der Waals surface area (Å²) in [5, 5.41) is 10.3. The van der Waals surface area contributed by atoms with Gasteiger partial charge in [0.2, 0.25) is 0 Å². The smallest absolute Gasteiger partial charge is 0.338 e. The van der Waals surface area contributed by atoms with Gasteiger partial charge in [-0.3, -0.25) is 4.99 Å². The van der Waals surface area contributed by atoms with Gasteiger partial charge in [0.05, 0.1) is 24.5 Å². The number of phenols is 1. The maximum Gasteiger partial charge on any atom is 0.338 e. The van der Waals surface area contributed by atoms with Gasteiger partial charge >= 0.3 is 5.97 Å². The predicted molar refractivity (Wildman–Crippen MR) is 126 cm³/mol. The summed E-state index contributed by atoms with van der Waals surface area (Å²) in [6.07, 6.45) is 10.7. The average Bonchev–Trinajstić information content (AvgIpc) is 2.78. The van der Waals surface area contributed by atoms with Gasteiger partial charge < -0.3 is 14.6 Å². The summed E-state index contributed by atoms with van der Waals surface area (Å²) in [5.74, 6) is 0.465. The number of aromatic hydroxyl groups is 1. The van der Waals surface area contributed by atoms with Crippen molar-refractivity contribution in [3.63, 3.8) is 0 Å². The third-order valence-corrected chi connectivity index (χ3v) is 4.96. The van der Waals surface area contributed by atoms with Gasteiger partial charge in [0.1, 0.15) is 11.5 Å². The molecule has 0 heterocycles. The highest BCUT2D eigenvalue weighted by Crippen LogP contribution is 2.24. The largest absolute Gasteiger partial charge is 0.507 e. The van der Waals surface area contributed by atoms with Crippen LogP contribution in [0.2, 0.25) is 0 Å². The maximum absolute atomic E-state index is 11.9. The minimum Gasteiger partial charge on any atom is -0.507 e. The van der Waals surface area contributed by atoms with Gasteiger partial charge in [-0.1, -0.05) is 52.4 Å². The van der Waals surface area contributed by atoms with Crippen LogP contribution in [0.25, 0.3) is 0 Å². The molecule has 0 unspecified atom stereocenters. The lowest BCUT2D eigenvalue weighted by Gasteiger charge is -2.08. The van der Waals surface area contributed by atoms with Gasteiger partial charge in [-0.25, -0.2) is 4.79 Å². The molecule has 31 heavy (non-hydrogen) atoms. The lowest BCUT2D eigenvalue weighted by Crippen LogP contribution is -2.05. The van der Waals surface area contributed by atoms with Crippen LogP contribution >= 0.6 is 0 Å². The van der Waals surface area contributed by atoms with Crippen molar-refractivity contribution in [2.45, 2.75) is 65.2 Å². The zero-order valence-corrected chi connectivity index (χ0v) is 18.8. The highest BCUT2D eigenvalue weighted by molar-refractivity contribution is 5.90. The SMILES string of the molecule is CCCCCCCCOc1ccc(C=Nc2ccc(C(=O)OCCCC)cc2)c(O)c1. The van der Waals surface area contributed by atoms with Gasteiger partial charge in [0.15, 0.2) is 0 Å². The molecule has 2 aromatic rings. The van der Waals surface area contributed by atoms with Gasteiger partial charge in [0, 0.05) is 17.8 Å². The highest BCUT2D eigenvalue weighted by atomic mass is 16.5. The second-order valence-electron chi connectivity index (χ2n) is 7.63. The predicted octanol–water partition coefficient (Wildman–Crippen LogP) is 6.84. The Morgan fingerprint density at radius 3 is 2.32 bits per heavy atom. The van der Waals surface area contributed by atoms with E-state index in [0.29, 0.717) is 35.8 Å². The first-order valence-electron chi connectivity index (χ1n) is 11.4. The second kappa shape index (κ2) is 14.2. The second-order valence-corrected chi connectivity index (χ2v) is 7.63. The number of esters is 1. The first kappa shape index (κ1) is 24.4. The Hall–Kier alpha value is -2.82. The molecule has 2 aromatic carbocycles. The Kier molecular flexibility index (Phi) is 11.2. The summed E-state index contributed by atoms with van der Waals surface area (Å²) >= 11 is 0. The van der Waals surface area contributed by atoms with E-state index in [-0.39, 0.29) is 11.7 Å². The van der Waals surface area contributed by atoms with Crippen LogP contribution in [0.4, 0.5) is 5.69 Å². The molecule has 0 aliphatic rings. The van der Waals surface area contributed by atoms with Crippen molar-refractivity contribution in [3.8, 4) is 11.5 Å². The summed E-state index contributed by atoms with van der Waals surface area (Å²) in [4.78, 5) is 16.3. The van der Waals surface area contributed by atoms with Gasteiger partial charge in [0.25, 0.3) is 0 Å². The number of carbonyl (C=O) groups is 1. The van der Waals surface area contributed by atoms with E-state index in [9.17, 15) is 9.90 Å². The van der Waals surface area contributed by atoms with E-state index in [1.165, 1.54) is 32.1 Å². The molecule has 0 saturated carbocycles. The fraction of sp³-hybridized carbons (Fsp3) is 0.462. The van der Waals surface area contributed by atoms with Crippen molar-refractivity contribution < 1.29 is 19.4 Å². The molecule has 0 spiro atoms. The van der Waals surface area contributed by atoms with Crippen molar-refractivity contribution in [1.82, 2.24) is 0 Å². The van der Waals surface area contributed by atoms with E-state index in [0.717, 1.165) is 19.3 Å². The molecule has 168 valence electrons. The fourth-order valence-electron chi connectivity index (χ4n) is 3.02. The number of ether oxygens (including phenoxy) is 2. The summed E-state index contributed by atoms with van der Waals surface area (Å²) < 4.78 is 10.9. The summed E-state index contributed by atoms with van der Waals surface area (Å²) in [7, 11) is 0. The van der Waals surface area contributed by atoms with Crippen LogP contribution in [0.3, 0.4) is 0 Å². The van der Waals surface area contributed by atoms with Gasteiger partial charge in [-0.2, -0.15) is 0 Å². The quantitative estimate of drug-likeness (QED) is 0.204. The zero-order valence-electron chi connectivity index (χ0n) is 18.8. The standard InChI is InChI=1S/C26H35NO4/c1-3-5-7-8-9-10-18-30-24-16-13-22(25(28)19-24)20-27-23-14-11-21(12-15-23)26(29)31-17-6-4-2/h11-16,19-20,28H,3-10,17-18H2,1-2H3. The lowest BCUT2D eigenvalue weighted by atomic mass is 10.1. The van der Waals surface area contributed by atoms with Crippen LogP contribution in [0.15, 0.2) is 47.5 Å². The molecular formula is C26H35NO4. The van der Waals surface area contributed by atoms with Crippen LogP contribution in [-0.2, 0) is 4.74 Å². The molecule has 0 saturated heterocycles. The number of nitrogens with zero attached hydrogens (tertiary/aromatic N) is 1. The number of hydrogen-bond donors (Lipinski definition) is 1. The third kappa shape index (κ3) is 9.24. The van der Waals surface area contributed by atoms with E-state index in [2.05, 4.69) is 18.8 Å². The van der Waals surface area contributed by atoms with Crippen LogP contribution < -0.4 is 4.74 Å². The first-order valence-corrected chi connectivity index (χ1v) is 11.4. The van der Waals surface area contributed by atoms with E-state index < -0.39 is 0 Å². The molecule has 0 aliphatic carbocycles.